The first kappa shape index (κ1) is 15.1. The average molecular weight is 317 g/mol. The van der Waals surface area contributed by atoms with Crippen LogP contribution in [0.3, 0.4) is 0 Å². The highest BCUT2D eigenvalue weighted by Crippen LogP contribution is 2.17. The third kappa shape index (κ3) is 3.44. The Hall–Kier alpha value is -1.25. The van der Waals surface area contributed by atoms with E-state index in [1.54, 1.807) is 0 Å². The quantitative estimate of drug-likeness (QED) is 0.808. The van der Waals surface area contributed by atoms with E-state index in [0.717, 1.165) is 0 Å². The number of carbonyl (C=O) groups excluding carboxylic acids is 1. The van der Waals surface area contributed by atoms with Gasteiger partial charge in [0, 0.05) is 11.6 Å². The largest absolute Gasteiger partial charge is 0.295 e. The van der Waals surface area contributed by atoms with Gasteiger partial charge in [-0.1, -0.05) is 12.1 Å². The molecule has 0 aliphatic carbocycles. The van der Waals surface area contributed by atoms with E-state index in [0.29, 0.717) is 5.56 Å². The summed E-state index contributed by atoms with van der Waals surface area (Å²) < 4.78 is 49.3. The van der Waals surface area contributed by atoms with Gasteiger partial charge < -0.3 is 0 Å². The number of hydrogen-bond donors (Lipinski definition) is 1. The topological polar surface area (TPSA) is 97.4 Å². The summed E-state index contributed by atoms with van der Waals surface area (Å²) in [5.41, 5.74) is 0.298. The van der Waals surface area contributed by atoms with Gasteiger partial charge in [0.1, 0.15) is 0 Å². The Morgan fingerprint density at radius 2 is 2.05 bits per heavy atom. The Balaban J connectivity index is 2.23. The van der Waals surface area contributed by atoms with Crippen LogP contribution in [0.1, 0.15) is 23.7 Å². The zero-order valence-corrected chi connectivity index (χ0v) is 12.5. The van der Waals surface area contributed by atoms with Crippen molar-refractivity contribution in [2.45, 2.75) is 24.3 Å². The predicted molar refractivity (Wildman–Crippen MR) is 73.8 cm³/mol. The van der Waals surface area contributed by atoms with E-state index in [1.165, 1.54) is 31.2 Å². The minimum atomic E-state index is -3.82. The molecule has 1 heterocycles. The van der Waals surface area contributed by atoms with Gasteiger partial charge in [-0.3, -0.25) is 4.79 Å². The molecule has 1 aromatic rings. The molecule has 0 radical (unpaired) electrons. The van der Waals surface area contributed by atoms with Gasteiger partial charge in [-0.05, 0) is 25.5 Å². The molecule has 0 unspecified atom stereocenters. The molecule has 1 atom stereocenters. The fourth-order valence-corrected chi connectivity index (χ4v) is 5.15. The molecule has 6 nitrogen and oxygen atoms in total. The summed E-state index contributed by atoms with van der Waals surface area (Å²) in [5, 5.41) is 0. The first-order chi connectivity index (χ1) is 9.20. The number of hydrogen-bond acceptors (Lipinski definition) is 5. The SMILES string of the molecule is CC(=O)c1cccc(S(=O)(=O)N[C@@H]2CCS(=O)(=O)C2)c1. The molecule has 0 amide bonds. The Kier molecular flexibility index (Phi) is 3.99. The number of ketones is 1. The number of sulfone groups is 1. The summed E-state index contributed by atoms with van der Waals surface area (Å²) in [6.45, 7) is 1.35. The minimum Gasteiger partial charge on any atom is -0.295 e. The lowest BCUT2D eigenvalue weighted by Gasteiger charge is -2.12. The van der Waals surface area contributed by atoms with E-state index >= 15 is 0 Å². The molecule has 1 fully saturated rings. The van der Waals surface area contributed by atoms with Crippen molar-refractivity contribution in [3.8, 4) is 0 Å². The molecule has 8 heteroatoms. The van der Waals surface area contributed by atoms with Crippen molar-refractivity contribution in [2.75, 3.05) is 11.5 Å². The number of Topliss-reactive ketones (excluding diaryl/α,β-unsaturated/α-hetero) is 1. The van der Waals surface area contributed by atoms with Gasteiger partial charge in [-0.25, -0.2) is 21.6 Å². The van der Waals surface area contributed by atoms with Crippen LogP contribution < -0.4 is 4.72 Å². The van der Waals surface area contributed by atoms with E-state index in [1.807, 2.05) is 0 Å². The summed E-state index contributed by atoms with van der Waals surface area (Å²) >= 11 is 0. The minimum absolute atomic E-state index is 0.00628. The zero-order valence-electron chi connectivity index (χ0n) is 10.9. The molecule has 0 saturated carbocycles. The van der Waals surface area contributed by atoms with Crippen LogP contribution in [0, 0.1) is 0 Å². The van der Waals surface area contributed by atoms with E-state index in [9.17, 15) is 21.6 Å². The number of rotatable bonds is 4. The van der Waals surface area contributed by atoms with Gasteiger partial charge in [-0.15, -0.1) is 0 Å². The van der Waals surface area contributed by atoms with Gasteiger partial charge in [0.25, 0.3) is 0 Å². The number of benzene rings is 1. The first-order valence-corrected chi connectivity index (χ1v) is 9.34. The van der Waals surface area contributed by atoms with E-state index in [4.69, 9.17) is 0 Å². The molecule has 1 aromatic carbocycles. The molecule has 1 aliphatic rings. The number of nitrogens with one attached hydrogen (secondary N) is 1. The normalized spacial score (nSPS) is 21.8. The van der Waals surface area contributed by atoms with Gasteiger partial charge in [-0.2, -0.15) is 0 Å². The van der Waals surface area contributed by atoms with Crippen LogP contribution in [0.5, 0.6) is 0 Å². The van der Waals surface area contributed by atoms with Crippen LogP contribution >= 0.6 is 0 Å². The van der Waals surface area contributed by atoms with E-state index < -0.39 is 25.9 Å². The number of carbonyl (C=O) groups is 1. The third-order valence-corrected chi connectivity index (χ3v) is 6.39. The maximum Gasteiger partial charge on any atom is 0.240 e. The van der Waals surface area contributed by atoms with Crippen LogP contribution in [0.15, 0.2) is 29.2 Å². The maximum absolute atomic E-state index is 12.2. The van der Waals surface area contributed by atoms with Gasteiger partial charge >= 0.3 is 0 Å². The van der Waals surface area contributed by atoms with E-state index in [2.05, 4.69) is 4.72 Å². The predicted octanol–water partition coefficient (Wildman–Crippen LogP) is 0.355. The lowest BCUT2D eigenvalue weighted by atomic mass is 10.2. The van der Waals surface area contributed by atoms with Crippen molar-refractivity contribution in [3.05, 3.63) is 29.8 Å². The van der Waals surface area contributed by atoms with Crippen molar-refractivity contribution in [3.63, 3.8) is 0 Å². The fraction of sp³-hybridized carbons (Fsp3) is 0.417. The third-order valence-electron chi connectivity index (χ3n) is 3.11. The zero-order chi connectivity index (χ0) is 15.0. The molecule has 1 aliphatic heterocycles. The molecular formula is C12H15NO5S2. The maximum atomic E-state index is 12.2. The Bertz CT molecular complexity index is 737. The van der Waals surface area contributed by atoms with Crippen molar-refractivity contribution in [1.82, 2.24) is 4.72 Å². The van der Waals surface area contributed by atoms with Crippen LogP contribution in [-0.2, 0) is 19.9 Å². The molecule has 20 heavy (non-hydrogen) atoms. The second-order valence-electron chi connectivity index (χ2n) is 4.81. The number of sulfonamides is 1. The molecular weight excluding hydrogens is 302 g/mol. The second kappa shape index (κ2) is 5.27. The van der Waals surface area contributed by atoms with Crippen molar-refractivity contribution < 1.29 is 21.6 Å². The van der Waals surface area contributed by atoms with Gasteiger partial charge in [0.2, 0.25) is 10.0 Å². The highest BCUT2D eigenvalue weighted by Gasteiger charge is 2.31. The summed E-state index contributed by atoms with van der Waals surface area (Å²) in [7, 11) is -6.97. The Morgan fingerprint density at radius 1 is 1.35 bits per heavy atom. The monoisotopic (exact) mass is 317 g/mol. The molecule has 1 saturated heterocycles. The van der Waals surface area contributed by atoms with Crippen LogP contribution in [0.4, 0.5) is 0 Å². The second-order valence-corrected chi connectivity index (χ2v) is 8.75. The molecule has 110 valence electrons. The average Bonchev–Trinajstić information content (AvgIpc) is 2.68. The fourth-order valence-electron chi connectivity index (χ4n) is 2.06. The molecule has 0 bridgehead atoms. The van der Waals surface area contributed by atoms with Crippen LogP contribution in [-0.4, -0.2) is 40.2 Å². The van der Waals surface area contributed by atoms with Gasteiger partial charge in [0.15, 0.2) is 15.6 Å². The van der Waals surface area contributed by atoms with Crippen molar-refractivity contribution >= 4 is 25.6 Å². The highest BCUT2D eigenvalue weighted by molar-refractivity contribution is 7.92. The standard InChI is InChI=1S/C12H15NO5S2/c1-9(14)10-3-2-4-12(7-10)20(17,18)13-11-5-6-19(15,16)8-11/h2-4,7,11,13H,5-6,8H2,1H3/t11-/m1/s1. The molecule has 0 spiro atoms. The lowest BCUT2D eigenvalue weighted by Crippen LogP contribution is -2.35. The summed E-state index contributed by atoms with van der Waals surface area (Å²) in [6.07, 6.45) is 0.272. The van der Waals surface area contributed by atoms with Crippen molar-refractivity contribution in [1.29, 1.82) is 0 Å². The molecule has 0 aromatic heterocycles. The highest BCUT2D eigenvalue weighted by atomic mass is 32.2. The summed E-state index contributed by atoms with van der Waals surface area (Å²) in [5.74, 6) is -0.419. The van der Waals surface area contributed by atoms with E-state index in [-0.39, 0.29) is 28.6 Å². The van der Waals surface area contributed by atoms with Crippen LogP contribution in [0.25, 0.3) is 0 Å². The lowest BCUT2D eigenvalue weighted by molar-refractivity contribution is 0.101. The van der Waals surface area contributed by atoms with Crippen molar-refractivity contribution in [2.24, 2.45) is 0 Å². The summed E-state index contributed by atoms with van der Waals surface area (Å²) in [6, 6.07) is 5.07. The van der Waals surface area contributed by atoms with Gasteiger partial charge in [0.05, 0.1) is 16.4 Å². The molecule has 1 N–H and O–H groups in total. The Morgan fingerprint density at radius 3 is 2.60 bits per heavy atom. The summed E-state index contributed by atoms with van der Waals surface area (Å²) in [4.78, 5) is 11.2. The smallest absolute Gasteiger partial charge is 0.240 e. The van der Waals surface area contributed by atoms with Crippen LogP contribution in [0.2, 0.25) is 0 Å². The molecule has 2 rings (SSSR count). The Labute approximate surface area is 118 Å². The first-order valence-electron chi connectivity index (χ1n) is 6.03.